The second-order valence-corrected chi connectivity index (χ2v) is 6.34. The van der Waals surface area contributed by atoms with E-state index in [0.717, 1.165) is 24.3 Å². The summed E-state index contributed by atoms with van der Waals surface area (Å²) in [5, 5.41) is 6.28. The standard InChI is InChI=1S/C20H25N3O3/c1-25-17-6-8-18(9-7-17)26-13-12-22-19-14-15(10-11-21-19)20(24)23-16-4-2-3-5-16/h6-11,14,16H,2-5,12-13H2,1H3,(H,21,22)(H,23,24). The van der Waals surface area contributed by atoms with Crippen LogP contribution in [0.1, 0.15) is 36.0 Å². The molecule has 1 fully saturated rings. The molecule has 1 saturated carbocycles. The molecule has 0 unspecified atom stereocenters. The van der Waals surface area contributed by atoms with Gasteiger partial charge in [-0.25, -0.2) is 4.98 Å². The van der Waals surface area contributed by atoms with Gasteiger partial charge in [-0.05, 0) is 49.2 Å². The van der Waals surface area contributed by atoms with Crippen molar-refractivity contribution in [2.24, 2.45) is 0 Å². The third-order valence-electron chi connectivity index (χ3n) is 4.45. The van der Waals surface area contributed by atoms with E-state index in [0.29, 0.717) is 30.6 Å². The fourth-order valence-electron chi connectivity index (χ4n) is 3.03. The van der Waals surface area contributed by atoms with Gasteiger partial charge in [0, 0.05) is 17.8 Å². The lowest BCUT2D eigenvalue weighted by Crippen LogP contribution is -2.32. The summed E-state index contributed by atoms with van der Waals surface area (Å²) in [6.07, 6.45) is 6.19. The fraction of sp³-hybridized carbons (Fsp3) is 0.400. The van der Waals surface area contributed by atoms with Gasteiger partial charge in [0.2, 0.25) is 0 Å². The molecule has 1 aromatic carbocycles. The highest BCUT2D eigenvalue weighted by molar-refractivity contribution is 5.95. The Bertz CT molecular complexity index is 712. The van der Waals surface area contributed by atoms with Crippen LogP contribution in [-0.4, -0.2) is 37.2 Å². The summed E-state index contributed by atoms with van der Waals surface area (Å²) in [5.74, 6) is 2.22. The lowest BCUT2D eigenvalue weighted by atomic mass is 10.2. The van der Waals surface area contributed by atoms with E-state index in [-0.39, 0.29) is 5.91 Å². The first-order chi connectivity index (χ1) is 12.7. The van der Waals surface area contributed by atoms with Crippen molar-refractivity contribution in [3.8, 4) is 11.5 Å². The zero-order chi connectivity index (χ0) is 18.2. The summed E-state index contributed by atoms with van der Waals surface area (Å²) < 4.78 is 10.8. The van der Waals surface area contributed by atoms with Gasteiger partial charge in [0.15, 0.2) is 0 Å². The van der Waals surface area contributed by atoms with Crippen molar-refractivity contribution in [1.82, 2.24) is 10.3 Å². The number of carbonyl (C=O) groups excluding carboxylic acids is 1. The number of rotatable bonds is 8. The summed E-state index contributed by atoms with van der Waals surface area (Å²) in [6.45, 7) is 1.08. The summed E-state index contributed by atoms with van der Waals surface area (Å²) in [6, 6.07) is 11.3. The van der Waals surface area contributed by atoms with Crippen molar-refractivity contribution in [3.05, 3.63) is 48.2 Å². The molecule has 0 bridgehead atoms. The molecular weight excluding hydrogens is 330 g/mol. The normalized spacial score (nSPS) is 14.0. The molecule has 0 aliphatic heterocycles. The number of carbonyl (C=O) groups is 1. The van der Waals surface area contributed by atoms with Gasteiger partial charge in [-0.2, -0.15) is 0 Å². The number of aromatic nitrogens is 1. The van der Waals surface area contributed by atoms with Crippen LogP contribution in [0, 0.1) is 0 Å². The van der Waals surface area contributed by atoms with Crippen molar-refractivity contribution >= 4 is 11.7 Å². The highest BCUT2D eigenvalue weighted by Crippen LogP contribution is 2.19. The first-order valence-electron chi connectivity index (χ1n) is 9.02. The number of benzene rings is 1. The van der Waals surface area contributed by atoms with Gasteiger partial charge < -0.3 is 20.1 Å². The largest absolute Gasteiger partial charge is 0.497 e. The van der Waals surface area contributed by atoms with E-state index in [9.17, 15) is 4.79 Å². The average molecular weight is 355 g/mol. The quantitative estimate of drug-likeness (QED) is 0.711. The van der Waals surface area contributed by atoms with Crippen LogP contribution in [0.15, 0.2) is 42.6 Å². The zero-order valence-corrected chi connectivity index (χ0v) is 15.0. The first-order valence-corrected chi connectivity index (χ1v) is 9.02. The van der Waals surface area contributed by atoms with Crippen LogP contribution < -0.4 is 20.1 Å². The fourth-order valence-corrected chi connectivity index (χ4v) is 3.03. The molecule has 1 heterocycles. The molecule has 0 radical (unpaired) electrons. The Morgan fingerprint density at radius 2 is 1.88 bits per heavy atom. The predicted molar refractivity (Wildman–Crippen MR) is 101 cm³/mol. The minimum Gasteiger partial charge on any atom is -0.497 e. The molecule has 2 N–H and O–H groups in total. The maximum Gasteiger partial charge on any atom is 0.251 e. The maximum absolute atomic E-state index is 12.3. The Hall–Kier alpha value is -2.76. The van der Waals surface area contributed by atoms with Gasteiger partial charge in [-0.3, -0.25) is 4.79 Å². The predicted octanol–water partition coefficient (Wildman–Crippen LogP) is 3.25. The highest BCUT2D eigenvalue weighted by Gasteiger charge is 2.18. The van der Waals surface area contributed by atoms with Crippen LogP contribution in [0.25, 0.3) is 0 Å². The van der Waals surface area contributed by atoms with Gasteiger partial charge in [0.05, 0.1) is 13.7 Å². The summed E-state index contributed by atoms with van der Waals surface area (Å²) in [5.41, 5.74) is 0.630. The van der Waals surface area contributed by atoms with Crippen LogP contribution in [0.3, 0.4) is 0 Å². The Labute approximate surface area is 153 Å². The third-order valence-corrected chi connectivity index (χ3v) is 4.45. The number of nitrogens with zero attached hydrogens (tertiary/aromatic N) is 1. The van der Waals surface area contributed by atoms with Crippen LogP contribution in [0.5, 0.6) is 11.5 Å². The number of hydrogen-bond donors (Lipinski definition) is 2. The molecule has 6 heteroatoms. The van der Waals surface area contributed by atoms with E-state index < -0.39 is 0 Å². The van der Waals surface area contributed by atoms with Gasteiger partial charge in [-0.15, -0.1) is 0 Å². The number of amides is 1. The molecule has 0 spiro atoms. The molecule has 0 saturated heterocycles. The van der Waals surface area contributed by atoms with E-state index >= 15 is 0 Å². The second-order valence-electron chi connectivity index (χ2n) is 6.34. The molecule has 26 heavy (non-hydrogen) atoms. The van der Waals surface area contributed by atoms with E-state index in [2.05, 4.69) is 15.6 Å². The molecule has 138 valence electrons. The molecular formula is C20H25N3O3. The van der Waals surface area contributed by atoms with Crippen LogP contribution in [0.2, 0.25) is 0 Å². The van der Waals surface area contributed by atoms with E-state index in [1.54, 1.807) is 25.4 Å². The Kier molecular flexibility index (Phi) is 6.30. The molecule has 2 aromatic rings. The number of hydrogen-bond acceptors (Lipinski definition) is 5. The second kappa shape index (κ2) is 9.08. The molecule has 6 nitrogen and oxygen atoms in total. The number of ether oxygens (including phenoxy) is 2. The number of anilines is 1. The summed E-state index contributed by atoms with van der Waals surface area (Å²) in [7, 11) is 1.63. The maximum atomic E-state index is 12.3. The smallest absolute Gasteiger partial charge is 0.251 e. The minimum absolute atomic E-state index is 0.0307. The van der Waals surface area contributed by atoms with Crippen LogP contribution in [-0.2, 0) is 0 Å². The van der Waals surface area contributed by atoms with Crippen molar-refractivity contribution in [3.63, 3.8) is 0 Å². The Morgan fingerprint density at radius 3 is 2.62 bits per heavy atom. The van der Waals surface area contributed by atoms with Crippen molar-refractivity contribution < 1.29 is 14.3 Å². The molecule has 1 aromatic heterocycles. The summed E-state index contributed by atoms with van der Waals surface area (Å²) in [4.78, 5) is 16.6. The zero-order valence-electron chi connectivity index (χ0n) is 15.0. The summed E-state index contributed by atoms with van der Waals surface area (Å²) >= 11 is 0. The molecule has 1 amide bonds. The van der Waals surface area contributed by atoms with Gasteiger partial charge in [0.1, 0.15) is 23.9 Å². The molecule has 1 aliphatic carbocycles. The van der Waals surface area contributed by atoms with Gasteiger partial charge in [0.25, 0.3) is 5.91 Å². The number of nitrogens with one attached hydrogen (secondary N) is 2. The SMILES string of the molecule is COc1ccc(OCCNc2cc(C(=O)NC3CCCC3)ccn2)cc1. The van der Waals surface area contributed by atoms with Gasteiger partial charge in [-0.1, -0.05) is 12.8 Å². The molecule has 3 rings (SSSR count). The molecule has 1 aliphatic rings. The monoisotopic (exact) mass is 355 g/mol. The van der Waals surface area contributed by atoms with Crippen LogP contribution in [0.4, 0.5) is 5.82 Å². The highest BCUT2D eigenvalue weighted by atomic mass is 16.5. The average Bonchev–Trinajstić information content (AvgIpc) is 3.19. The van der Waals surface area contributed by atoms with E-state index in [4.69, 9.17) is 9.47 Å². The van der Waals surface area contributed by atoms with Crippen LogP contribution >= 0.6 is 0 Å². The number of pyridine rings is 1. The van der Waals surface area contributed by atoms with E-state index in [1.165, 1.54) is 12.8 Å². The van der Waals surface area contributed by atoms with E-state index in [1.807, 2.05) is 24.3 Å². The molecule has 0 atom stereocenters. The Balaban J connectivity index is 1.44. The van der Waals surface area contributed by atoms with Gasteiger partial charge >= 0.3 is 0 Å². The Morgan fingerprint density at radius 1 is 1.15 bits per heavy atom. The number of methoxy groups -OCH3 is 1. The lowest BCUT2D eigenvalue weighted by molar-refractivity contribution is 0.0938. The minimum atomic E-state index is -0.0307. The topological polar surface area (TPSA) is 72.5 Å². The van der Waals surface area contributed by atoms with Crippen molar-refractivity contribution in [1.29, 1.82) is 0 Å². The lowest BCUT2D eigenvalue weighted by Gasteiger charge is -2.13. The third kappa shape index (κ3) is 5.12. The first kappa shape index (κ1) is 18.0. The van der Waals surface area contributed by atoms with Crippen molar-refractivity contribution in [2.75, 3.05) is 25.6 Å². The van der Waals surface area contributed by atoms with Crippen molar-refractivity contribution in [2.45, 2.75) is 31.7 Å².